The molecule has 1 aliphatic carbocycles. The molecule has 29 heavy (non-hydrogen) atoms. The van der Waals surface area contributed by atoms with Gasteiger partial charge in [-0.2, -0.15) is 4.98 Å². The fourth-order valence-corrected chi connectivity index (χ4v) is 5.04. The van der Waals surface area contributed by atoms with E-state index in [1.165, 1.54) is 10.6 Å². The molecule has 2 atom stereocenters. The third kappa shape index (κ3) is 3.19. The Morgan fingerprint density at radius 1 is 1.21 bits per heavy atom. The molecular formula is C21H27F2N5O. The topological polar surface area (TPSA) is 90.2 Å². The lowest BCUT2D eigenvalue weighted by Gasteiger charge is -2.43. The minimum absolute atomic E-state index is 0.0473. The van der Waals surface area contributed by atoms with E-state index in [1.807, 2.05) is 4.90 Å². The van der Waals surface area contributed by atoms with Crippen LogP contribution in [-0.2, 0) is 7.05 Å². The van der Waals surface area contributed by atoms with Crippen molar-refractivity contribution >= 4 is 11.8 Å². The molecule has 1 aromatic heterocycles. The number of hydrogen-bond donors (Lipinski definition) is 2. The van der Waals surface area contributed by atoms with Gasteiger partial charge in [-0.05, 0) is 49.1 Å². The lowest BCUT2D eigenvalue weighted by molar-refractivity contribution is 0.185. The molecule has 0 amide bonds. The summed E-state index contributed by atoms with van der Waals surface area (Å²) in [5.74, 6) is -0.613. The number of nitrogens with zero attached hydrogens (tertiary/aromatic N) is 3. The molecule has 8 heteroatoms. The molecule has 4 N–H and O–H groups in total. The second kappa shape index (κ2) is 7.09. The molecule has 2 aromatic rings. The summed E-state index contributed by atoms with van der Waals surface area (Å²) in [5.41, 5.74) is 12.2. The minimum atomic E-state index is -0.840. The highest BCUT2D eigenvalue weighted by molar-refractivity contribution is 5.74. The Hall–Kier alpha value is -2.48. The van der Waals surface area contributed by atoms with Crippen molar-refractivity contribution in [2.45, 2.75) is 38.6 Å². The van der Waals surface area contributed by atoms with Gasteiger partial charge in [0.25, 0.3) is 5.56 Å². The number of nitrogens with two attached hydrogens (primary N) is 2. The average molecular weight is 403 g/mol. The summed E-state index contributed by atoms with van der Waals surface area (Å²) in [7, 11) is 1.60. The average Bonchev–Trinajstić information content (AvgIpc) is 2.96. The van der Waals surface area contributed by atoms with Crippen LogP contribution in [0.2, 0.25) is 0 Å². The van der Waals surface area contributed by atoms with Crippen molar-refractivity contribution in [1.82, 2.24) is 9.55 Å². The molecule has 0 radical (unpaired) electrons. The molecule has 1 saturated heterocycles. The molecule has 1 spiro atoms. The van der Waals surface area contributed by atoms with Gasteiger partial charge in [-0.1, -0.05) is 6.92 Å². The number of halogens is 2. The quantitative estimate of drug-likeness (QED) is 0.805. The van der Waals surface area contributed by atoms with Crippen LogP contribution in [0, 0.1) is 23.0 Å². The molecule has 1 aliphatic heterocycles. The van der Waals surface area contributed by atoms with E-state index in [9.17, 15) is 13.6 Å². The van der Waals surface area contributed by atoms with Crippen LogP contribution in [0.1, 0.15) is 32.6 Å². The van der Waals surface area contributed by atoms with Crippen LogP contribution in [-0.4, -0.2) is 28.7 Å². The van der Waals surface area contributed by atoms with Gasteiger partial charge in [0.05, 0.1) is 5.56 Å². The van der Waals surface area contributed by atoms with E-state index in [1.54, 1.807) is 7.05 Å². The van der Waals surface area contributed by atoms with Crippen LogP contribution in [0.3, 0.4) is 0 Å². The van der Waals surface area contributed by atoms with Gasteiger partial charge in [-0.25, -0.2) is 8.78 Å². The van der Waals surface area contributed by atoms with E-state index >= 15 is 0 Å². The molecule has 0 bridgehead atoms. The number of anilines is 2. The first-order chi connectivity index (χ1) is 13.7. The van der Waals surface area contributed by atoms with Crippen LogP contribution in [0.15, 0.2) is 23.0 Å². The van der Waals surface area contributed by atoms with E-state index in [0.29, 0.717) is 11.9 Å². The lowest BCUT2D eigenvalue weighted by atomic mass is 9.73. The number of benzene rings is 1. The van der Waals surface area contributed by atoms with Crippen molar-refractivity contribution in [3.63, 3.8) is 0 Å². The SMILES string of the molecule is C[C@@H]1CCC2(CCN(c3nc(N)c(-c4ccc(F)cc4F)c(=O)n3C)CC2)[C@@H]1N. The Morgan fingerprint density at radius 3 is 2.48 bits per heavy atom. The van der Waals surface area contributed by atoms with Crippen molar-refractivity contribution in [2.75, 3.05) is 23.7 Å². The molecule has 156 valence electrons. The number of aromatic nitrogens is 2. The monoisotopic (exact) mass is 403 g/mol. The molecule has 0 unspecified atom stereocenters. The predicted octanol–water partition coefficient (Wildman–Crippen LogP) is 2.65. The van der Waals surface area contributed by atoms with Crippen molar-refractivity contribution < 1.29 is 8.78 Å². The molecular weight excluding hydrogens is 376 g/mol. The molecule has 6 nitrogen and oxygen atoms in total. The summed E-state index contributed by atoms with van der Waals surface area (Å²) in [4.78, 5) is 19.4. The Labute approximate surface area is 168 Å². The van der Waals surface area contributed by atoms with Gasteiger partial charge < -0.3 is 16.4 Å². The third-order valence-corrected chi connectivity index (χ3v) is 6.96. The molecule has 2 aliphatic rings. The first-order valence-corrected chi connectivity index (χ1v) is 10.1. The standard InChI is InChI=1S/C21H27F2N5O/c1-12-5-6-21(17(12)24)7-9-28(10-8-21)20-26-18(25)16(19(29)27(20)2)14-4-3-13(22)11-15(14)23/h3-4,11-12,17H,5-10,24-25H2,1-2H3/t12-,17-/m1/s1. The van der Waals surface area contributed by atoms with Gasteiger partial charge in [0.1, 0.15) is 17.5 Å². The highest BCUT2D eigenvalue weighted by atomic mass is 19.1. The highest BCUT2D eigenvalue weighted by Gasteiger charge is 2.46. The van der Waals surface area contributed by atoms with Gasteiger partial charge >= 0.3 is 0 Å². The van der Waals surface area contributed by atoms with Crippen molar-refractivity contribution in [3.05, 3.63) is 40.2 Å². The largest absolute Gasteiger partial charge is 0.383 e. The first-order valence-electron chi connectivity index (χ1n) is 10.1. The zero-order valence-corrected chi connectivity index (χ0v) is 16.8. The lowest BCUT2D eigenvalue weighted by Crippen LogP contribution is -2.49. The van der Waals surface area contributed by atoms with Gasteiger partial charge in [0.2, 0.25) is 5.95 Å². The molecule has 4 rings (SSSR count). The summed E-state index contributed by atoms with van der Waals surface area (Å²) in [6.07, 6.45) is 4.19. The molecule has 2 fully saturated rings. The van der Waals surface area contributed by atoms with Gasteiger partial charge in [0.15, 0.2) is 0 Å². The maximum atomic E-state index is 14.2. The maximum Gasteiger partial charge on any atom is 0.264 e. The first kappa shape index (κ1) is 19.8. The van der Waals surface area contributed by atoms with Crippen molar-refractivity contribution in [1.29, 1.82) is 0 Å². The zero-order chi connectivity index (χ0) is 20.9. The van der Waals surface area contributed by atoms with Crippen LogP contribution in [0.5, 0.6) is 0 Å². The summed E-state index contributed by atoms with van der Waals surface area (Å²) in [6.45, 7) is 3.69. The van der Waals surface area contributed by atoms with Gasteiger partial charge in [0, 0.05) is 37.8 Å². The van der Waals surface area contributed by atoms with Crippen molar-refractivity contribution in [3.8, 4) is 11.1 Å². The van der Waals surface area contributed by atoms with E-state index in [-0.39, 0.29) is 28.4 Å². The molecule has 2 heterocycles. The van der Waals surface area contributed by atoms with E-state index in [4.69, 9.17) is 11.5 Å². The number of piperidine rings is 1. The Morgan fingerprint density at radius 2 is 1.90 bits per heavy atom. The smallest absolute Gasteiger partial charge is 0.264 e. The Kier molecular flexibility index (Phi) is 4.85. The van der Waals surface area contributed by atoms with Crippen molar-refractivity contribution in [2.24, 2.45) is 24.1 Å². The second-order valence-corrected chi connectivity index (χ2v) is 8.55. The molecule has 1 aromatic carbocycles. The van der Waals surface area contributed by atoms with E-state index < -0.39 is 17.2 Å². The van der Waals surface area contributed by atoms with E-state index in [0.717, 1.165) is 50.9 Å². The predicted molar refractivity (Wildman–Crippen MR) is 109 cm³/mol. The van der Waals surface area contributed by atoms with Crippen LogP contribution < -0.4 is 21.9 Å². The van der Waals surface area contributed by atoms with Crippen LogP contribution >= 0.6 is 0 Å². The van der Waals surface area contributed by atoms with Crippen LogP contribution in [0.25, 0.3) is 11.1 Å². The number of hydrogen-bond acceptors (Lipinski definition) is 5. The van der Waals surface area contributed by atoms with Crippen LogP contribution in [0.4, 0.5) is 20.5 Å². The second-order valence-electron chi connectivity index (χ2n) is 8.55. The Bertz CT molecular complexity index is 997. The van der Waals surface area contributed by atoms with Gasteiger partial charge in [-0.3, -0.25) is 9.36 Å². The summed E-state index contributed by atoms with van der Waals surface area (Å²) in [6, 6.07) is 3.25. The highest BCUT2D eigenvalue weighted by Crippen LogP contribution is 2.48. The number of rotatable bonds is 2. The maximum absolute atomic E-state index is 14.2. The van der Waals surface area contributed by atoms with Gasteiger partial charge in [-0.15, -0.1) is 0 Å². The summed E-state index contributed by atoms with van der Waals surface area (Å²) >= 11 is 0. The Balaban J connectivity index is 1.65. The summed E-state index contributed by atoms with van der Waals surface area (Å²) < 4.78 is 28.9. The normalized spacial score (nSPS) is 23.7. The fraction of sp³-hybridized carbons (Fsp3) is 0.524. The number of nitrogen functional groups attached to an aromatic ring is 1. The summed E-state index contributed by atoms with van der Waals surface area (Å²) in [5, 5.41) is 0. The fourth-order valence-electron chi connectivity index (χ4n) is 5.04. The zero-order valence-electron chi connectivity index (χ0n) is 16.8. The van der Waals surface area contributed by atoms with E-state index in [2.05, 4.69) is 11.9 Å². The minimum Gasteiger partial charge on any atom is -0.383 e. The molecule has 1 saturated carbocycles. The third-order valence-electron chi connectivity index (χ3n) is 6.96.